The summed E-state index contributed by atoms with van der Waals surface area (Å²) in [5.41, 5.74) is 20.5. The summed E-state index contributed by atoms with van der Waals surface area (Å²) in [4.78, 5) is 5.24. The van der Waals surface area contributed by atoms with Crippen LogP contribution in [-0.4, -0.2) is 22.9 Å². The minimum Gasteiger partial charge on any atom is -0.311 e. The summed E-state index contributed by atoms with van der Waals surface area (Å²) in [6, 6.07) is 98.2. The van der Waals surface area contributed by atoms with Crippen LogP contribution in [0, 0.1) is 20.8 Å². The Labute approximate surface area is 436 Å². The van der Waals surface area contributed by atoms with Crippen LogP contribution >= 0.6 is 0 Å². The second-order valence-corrected chi connectivity index (χ2v) is 28.4. The topological polar surface area (TPSA) is 6.48 Å². The number of rotatable bonds is 6. The van der Waals surface area contributed by atoms with Crippen molar-refractivity contribution in [1.29, 1.82) is 0 Å². The van der Waals surface area contributed by atoms with E-state index in [9.17, 15) is 0 Å². The fourth-order valence-corrected chi connectivity index (χ4v) is 24.5. The number of aryl methyl sites for hydroxylation is 3. The van der Waals surface area contributed by atoms with Crippen LogP contribution in [0.15, 0.2) is 255 Å². The molecule has 0 atom stereocenters. The number of benzene rings is 11. The van der Waals surface area contributed by atoms with Crippen LogP contribution in [-0.2, 0) is 0 Å². The summed E-state index contributed by atoms with van der Waals surface area (Å²) >= 11 is 0. The van der Waals surface area contributed by atoms with E-state index >= 15 is 0 Å². The standard InChI is InChI=1S/C69H51BN2Si2/c1-46-32-38-61-59(40-46)70-60-41-47(2)33-39-62(60)72(50-35-37-58-56-29-17-19-31-66(56)74(68(58)45-50,53-24-12-6-13-25-53)54-26-14-7-15-27-54)64-43-48(3)42-63(69(64)70)71(61)49-34-36-57-55-28-16-18-30-65(55)73(67(57)44-49,51-20-8-4-9-21-51)52-22-10-5-11-23-52/h4-45H,1-3H3. The molecule has 0 amide bonds. The SMILES string of the molecule is Cc1ccc2c(c1)B1c3cc(C)ccc3N(c3ccc4c(c3)[Si](c3ccccc3)(c3ccccc3)c3ccccc3-4)c3cc(C)cc(c31)N2c1ccc2c(c1)[Si](c1ccccc1)(c1ccccc1)c1ccccc1-2. The van der Waals surface area contributed by atoms with Crippen LogP contribution in [0.2, 0.25) is 0 Å². The molecule has 4 aliphatic heterocycles. The van der Waals surface area contributed by atoms with Gasteiger partial charge in [0.1, 0.15) is 0 Å². The molecule has 0 radical (unpaired) electrons. The Kier molecular flexibility index (Phi) is 9.48. The Morgan fingerprint density at radius 1 is 0.284 bits per heavy atom. The number of anilines is 6. The third-order valence-corrected chi connectivity index (χ3v) is 26.7. The van der Waals surface area contributed by atoms with Crippen LogP contribution in [0.5, 0.6) is 0 Å². The number of nitrogens with zero attached hydrogens (tertiary/aromatic N) is 2. The number of fused-ring (bicyclic) bond motifs is 10. The smallest absolute Gasteiger partial charge is 0.252 e. The lowest BCUT2D eigenvalue weighted by Gasteiger charge is -2.45. The molecule has 11 aromatic carbocycles. The van der Waals surface area contributed by atoms with Gasteiger partial charge < -0.3 is 9.80 Å². The van der Waals surface area contributed by atoms with Gasteiger partial charge in [-0.25, -0.2) is 0 Å². The first-order valence-electron chi connectivity index (χ1n) is 26.1. The first kappa shape index (κ1) is 43.1. The van der Waals surface area contributed by atoms with Gasteiger partial charge in [-0.15, -0.1) is 0 Å². The van der Waals surface area contributed by atoms with Crippen LogP contribution < -0.4 is 67.7 Å². The van der Waals surface area contributed by atoms with Crippen molar-refractivity contribution in [3.05, 3.63) is 271 Å². The molecular weight excluding hydrogens is 924 g/mol. The molecule has 4 aliphatic rings. The number of hydrogen-bond acceptors (Lipinski definition) is 2. The molecule has 74 heavy (non-hydrogen) atoms. The maximum atomic E-state index is 2.62. The highest BCUT2D eigenvalue weighted by Gasteiger charge is 2.51. The Morgan fingerprint density at radius 2 is 0.635 bits per heavy atom. The second kappa shape index (κ2) is 16.3. The van der Waals surface area contributed by atoms with E-state index < -0.39 is 16.1 Å². The van der Waals surface area contributed by atoms with Crippen molar-refractivity contribution < 1.29 is 0 Å². The molecule has 2 nitrogen and oxygen atoms in total. The third-order valence-electron chi connectivity index (χ3n) is 16.9. The lowest BCUT2D eigenvalue weighted by atomic mass is 9.33. The van der Waals surface area contributed by atoms with Gasteiger partial charge in [0.25, 0.3) is 6.71 Å². The van der Waals surface area contributed by atoms with Gasteiger partial charge in [0.15, 0.2) is 16.1 Å². The highest BCUT2D eigenvalue weighted by atomic mass is 28.3. The van der Waals surface area contributed by atoms with Gasteiger partial charge in [-0.2, -0.15) is 0 Å². The van der Waals surface area contributed by atoms with Crippen molar-refractivity contribution in [2.24, 2.45) is 0 Å². The Hall–Kier alpha value is -8.48. The number of hydrogen-bond donors (Lipinski definition) is 0. The molecule has 0 bridgehead atoms. The minimum atomic E-state index is -2.78. The van der Waals surface area contributed by atoms with Crippen molar-refractivity contribution in [2.75, 3.05) is 9.80 Å². The molecule has 0 saturated carbocycles. The predicted octanol–water partition coefficient (Wildman–Crippen LogP) is 9.41. The van der Waals surface area contributed by atoms with Crippen molar-refractivity contribution >= 4 is 115 Å². The lowest BCUT2D eigenvalue weighted by Crippen LogP contribution is -2.72. The maximum absolute atomic E-state index is 2.78. The second-order valence-electron chi connectivity index (χ2n) is 21.0. The fourth-order valence-electron chi connectivity index (χ4n) is 14.1. The molecule has 0 fully saturated rings. The van der Waals surface area contributed by atoms with Crippen LogP contribution in [0.4, 0.5) is 34.1 Å². The highest BCUT2D eigenvalue weighted by Crippen LogP contribution is 2.46. The predicted molar refractivity (Wildman–Crippen MR) is 320 cm³/mol. The van der Waals surface area contributed by atoms with Gasteiger partial charge in [0.2, 0.25) is 0 Å². The molecule has 0 N–H and O–H groups in total. The third kappa shape index (κ3) is 5.88. The van der Waals surface area contributed by atoms with Gasteiger partial charge >= 0.3 is 0 Å². The lowest BCUT2D eigenvalue weighted by molar-refractivity contribution is 1.24. The van der Waals surface area contributed by atoms with Crippen LogP contribution in [0.1, 0.15) is 16.7 Å². The van der Waals surface area contributed by atoms with Gasteiger partial charge in [0.05, 0.1) is 0 Å². The zero-order valence-corrected chi connectivity index (χ0v) is 43.7. The molecule has 0 unspecified atom stereocenters. The zero-order chi connectivity index (χ0) is 49.3. The highest BCUT2D eigenvalue weighted by molar-refractivity contribution is 7.23. The normalized spacial score (nSPS) is 14.6. The average Bonchev–Trinajstić information content (AvgIpc) is 3.92. The fraction of sp³-hybridized carbons (Fsp3) is 0.0435. The van der Waals surface area contributed by atoms with E-state index in [1.807, 2.05) is 0 Å². The van der Waals surface area contributed by atoms with Crippen molar-refractivity contribution in [1.82, 2.24) is 0 Å². The summed E-state index contributed by atoms with van der Waals surface area (Å²) < 4.78 is 0. The Bertz CT molecular complexity index is 3740. The molecule has 0 saturated heterocycles. The first-order valence-corrected chi connectivity index (χ1v) is 30.1. The summed E-state index contributed by atoms with van der Waals surface area (Å²) in [5.74, 6) is 0. The van der Waals surface area contributed by atoms with Crippen LogP contribution in [0.25, 0.3) is 22.3 Å². The molecule has 11 aromatic rings. The van der Waals surface area contributed by atoms with E-state index in [-0.39, 0.29) is 6.71 Å². The van der Waals surface area contributed by atoms with Crippen molar-refractivity contribution in [2.45, 2.75) is 20.8 Å². The van der Waals surface area contributed by atoms with Gasteiger partial charge in [-0.3, -0.25) is 0 Å². The van der Waals surface area contributed by atoms with E-state index in [4.69, 9.17) is 0 Å². The monoisotopic (exact) mass is 974 g/mol. The summed E-state index contributed by atoms with van der Waals surface area (Å²) in [5, 5.41) is 11.4. The maximum Gasteiger partial charge on any atom is 0.252 e. The van der Waals surface area contributed by atoms with E-state index in [0.717, 1.165) is 0 Å². The van der Waals surface area contributed by atoms with E-state index in [1.165, 1.54) is 131 Å². The van der Waals surface area contributed by atoms with Gasteiger partial charge in [0, 0.05) is 34.1 Å². The minimum absolute atomic E-state index is 0.0273. The van der Waals surface area contributed by atoms with Crippen molar-refractivity contribution in [3.8, 4) is 22.3 Å². The molecule has 0 aromatic heterocycles. The molecule has 4 heterocycles. The summed E-state index contributed by atoms with van der Waals surface area (Å²) in [6.07, 6.45) is 0. The van der Waals surface area contributed by atoms with Gasteiger partial charge in [-0.05, 0) is 155 Å². The van der Waals surface area contributed by atoms with Gasteiger partial charge in [-0.1, -0.05) is 217 Å². The van der Waals surface area contributed by atoms with E-state index in [0.29, 0.717) is 0 Å². The summed E-state index contributed by atoms with van der Waals surface area (Å²) in [7, 11) is -5.56. The largest absolute Gasteiger partial charge is 0.311 e. The molecule has 348 valence electrons. The molecule has 5 heteroatoms. The molecule has 0 spiro atoms. The Balaban J connectivity index is 0.992. The Morgan fingerprint density at radius 3 is 1.03 bits per heavy atom. The first-order chi connectivity index (χ1) is 36.4. The summed E-state index contributed by atoms with van der Waals surface area (Å²) in [6.45, 7) is 6.83. The quantitative estimate of drug-likeness (QED) is 0.154. The van der Waals surface area contributed by atoms with E-state index in [2.05, 4.69) is 285 Å². The van der Waals surface area contributed by atoms with Crippen molar-refractivity contribution in [3.63, 3.8) is 0 Å². The van der Waals surface area contributed by atoms with Crippen LogP contribution in [0.3, 0.4) is 0 Å². The molecule has 15 rings (SSSR count). The molecular formula is C69H51BN2Si2. The zero-order valence-electron chi connectivity index (χ0n) is 41.7. The molecule has 0 aliphatic carbocycles. The van der Waals surface area contributed by atoms with E-state index in [1.54, 1.807) is 0 Å². The average molecular weight is 975 g/mol.